The van der Waals surface area contributed by atoms with E-state index in [9.17, 15) is 13.2 Å². The summed E-state index contributed by atoms with van der Waals surface area (Å²) in [5.74, 6) is 0.823. The van der Waals surface area contributed by atoms with Gasteiger partial charge in [-0.25, -0.2) is 0 Å². The summed E-state index contributed by atoms with van der Waals surface area (Å²) in [6.07, 6.45) is -2.86. The molecule has 4 aromatic rings. The van der Waals surface area contributed by atoms with Crippen LogP contribution in [0.15, 0.2) is 53.2 Å². The van der Waals surface area contributed by atoms with Gasteiger partial charge in [-0.3, -0.25) is 10.1 Å². The van der Waals surface area contributed by atoms with Crippen LogP contribution in [0.25, 0.3) is 22.8 Å². The number of halogens is 3. The van der Waals surface area contributed by atoms with Crippen LogP contribution in [0.3, 0.4) is 0 Å². The summed E-state index contributed by atoms with van der Waals surface area (Å²) in [5.41, 5.74) is 8.07. The number of amidine groups is 1. The molecule has 0 saturated heterocycles. The van der Waals surface area contributed by atoms with Gasteiger partial charge >= 0.3 is 6.18 Å². The second kappa shape index (κ2) is 8.41. The summed E-state index contributed by atoms with van der Waals surface area (Å²) >= 11 is 0. The van der Waals surface area contributed by atoms with Crippen LogP contribution in [0.4, 0.5) is 13.2 Å². The Kier molecular flexibility index (Phi) is 5.62. The minimum Gasteiger partial charge on any atom is -0.487 e. The van der Waals surface area contributed by atoms with Gasteiger partial charge in [-0.1, -0.05) is 17.3 Å². The van der Waals surface area contributed by atoms with E-state index in [1.807, 2.05) is 6.92 Å². The van der Waals surface area contributed by atoms with Crippen molar-refractivity contribution in [2.75, 3.05) is 0 Å². The molecule has 2 aromatic heterocycles. The predicted molar refractivity (Wildman–Crippen MR) is 113 cm³/mol. The van der Waals surface area contributed by atoms with Crippen LogP contribution in [-0.2, 0) is 19.8 Å². The molecular formula is C22H19F3N6O2. The van der Waals surface area contributed by atoms with Gasteiger partial charge in [-0.2, -0.15) is 23.3 Å². The molecule has 0 spiro atoms. The fourth-order valence-corrected chi connectivity index (χ4v) is 3.23. The number of aromatic nitrogens is 4. The molecular weight excluding hydrogens is 437 g/mol. The van der Waals surface area contributed by atoms with E-state index in [0.717, 1.165) is 23.3 Å². The Morgan fingerprint density at radius 1 is 1.15 bits per heavy atom. The van der Waals surface area contributed by atoms with Crippen molar-refractivity contribution in [2.45, 2.75) is 19.7 Å². The van der Waals surface area contributed by atoms with Gasteiger partial charge in [0.2, 0.25) is 5.82 Å². The molecule has 0 amide bonds. The van der Waals surface area contributed by atoms with Gasteiger partial charge in [0.05, 0.1) is 23.0 Å². The van der Waals surface area contributed by atoms with E-state index in [-0.39, 0.29) is 24.1 Å². The quantitative estimate of drug-likeness (QED) is 0.330. The third-order valence-electron chi connectivity index (χ3n) is 5.05. The third kappa shape index (κ3) is 4.56. The van der Waals surface area contributed by atoms with E-state index in [1.165, 1.54) is 12.1 Å². The number of rotatable bonds is 6. The molecule has 0 fully saturated rings. The first kappa shape index (κ1) is 22.1. The van der Waals surface area contributed by atoms with E-state index in [0.29, 0.717) is 22.6 Å². The number of hydrogen-bond donors (Lipinski definition) is 2. The molecule has 0 unspecified atom stereocenters. The van der Waals surface area contributed by atoms with Crippen LogP contribution < -0.4 is 10.5 Å². The van der Waals surface area contributed by atoms with Gasteiger partial charge in [0, 0.05) is 18.2 Å². The van der Waals surface area contributed by atoms with E-state index >= 15 is 0 Å². The molecule has 11 heteroatoms. The summed E-state index contributed by atoms with van der Waals surface area (Å²) in [4.78, 5) is 4.46. The van der Waals surface area contributed by atoms with Crippen LogP contribution in [0.5, 0.6) is 5.75 Å². The highest BCUT2D eigenvalue weighted by atomic mass is 19.4. The minimum absolute atomic E-state index is 0.0290. The Labute approximate surface area is 186 Å². The lowest BCUT2D eigenvalue weighted by Crippen LogP contribution is -2.11. The van der Waals surface area contributed by atoms with Gasteiger partial charge in [0.1, 0.15) is 18.2 Å². The van der Waals surface area contributed by atoms with Crippen molar-refractivity contribution in [3.05, 3.63) is 71.0 Å². The van der Waals surface area contributed by atoms with E-state index in [2.05, 4.69) is 15.2 Å². The van der Waals surface area contributed by atoms with Gasteiger partial charge < -0.3 is 15.0 Å². The van der Waals surface area contributed by atoms with Crippen molar-refractivity contribution in [1.29, 1.82) is 5.41 Å². The standard InChI is InChI=1S/C22H19F3N6O2/c1-12-9-13(19(26)27)3-8-16(12)20-29-21(33-30-20)17-10-28-31(2)18(17)11-32-15-6-4-14(5-7-15)22(23,24)25/h3-10H,11H2,1-2H3,(H3,26,27). The smallest absolute Gasteiger partial charge is 0.416 e. The third-order valence-corrected chi connectivity index (χ3v) is 5.05. The van der Waals surface area contributed by atoms with Crippen LogP contribution in [-0.4, -0.2) is 25.8 Å². The highest BCUT2D eigenvalue weighted by molar-refractivity contribution is 5.95. The Balaban J connectivity index is 1.55. The van der Waals surface area contributed by atoms with Crippen molar-refractivity contribution >= 4 is 5.84 Å². The topological polar surface area (TPSA) is 116 Å². The molecule has 0 aliphatic rings. The largest absolute Gasteiger partial charge is 0.487 e. The normalized spacial score (nSPS) is 11.5. The van der Waals surface area contributed by atoms with Crippen molar-refractivity contribution in [2.24, 2.45) is 12.8 Å². The molecule has 170 valence electrons. The van der Waals surface area contributed by atoms with E-state index < -0.39 is 11.7 Å². The zero-order valence-corrected chi connectivity index (χ0v) is 17.6. The molecule has 3 N–H and O–H groups in total. The Bertz CT molecular complexity index is 1310. The second-order valence-electron chi connectivity index (χ2n) is 7.31. The Morgan fingerprint density at radius 2 is 1.88 bits per heavy atom. The maximum atomic E-state index is 12.7. The monoisotopic (exact) mass is 456 g/mol. The lowest BCUT2D eigenvalue weighted by Gasteiger charge is -2.10. The molecule has 0 aliphatic heterocycles. The van der Waals surface area contributed by atoms with Gasteiger partial charge in [0.25, 0.3) is 5.89 Å². The fourth-order valence-electron chi connectivity index (χ4n) is 3.23. The number of nitrogens with zero attached hydrogens (tertiary/aromatic N) is 4. The maximum absolute atomic E-state index is 12.7. The number of ether oxygens (including phenoxy) is 1. The first-order chi connectivity index (χ1) is 15.6. The molecule has 8 nitrogen and oxygen atoms in total. The summed E-state index contributed by atoms with van der Waals surface area (Å²) in [7, 11) is 1.71. The fraction of sp³-hybridized carbons (Fsp3) is 0.182. The molecule has 0 bridgehead atoms. The van der Waals surface area contributed by atoms with Crippen molar-refractivity contribution in [3.8, 4) is 28.6 Å². The van der Waals surface area contributed by atoms with Gasteiger partial charge in [0.15, 0.2) is 0 Å². The zero-order valence-electron chi connectivity index (χ0n) is 17.6. The molecule has 33 heavy (non-hydrogen) atoms. The Hall–Kier alpha value is -4.15. The van der Waals surface area contributed by atoms with Gasteiger partial charge in [-0.05, 0) is 42.8 Å². The van der Waals surface area contributed by atoms with E-state index in [1.54, 1.807) is 36.1 Å². The number of nitrogen functional groups attached to an aromatic ring is 1. The summed E-state index contributed by atoms with van der Waals surface area (Å²) in [6, 6.07) is 9.68. The number of benzene rings is 2. The number of nitrogens with two attached hydrogens (primary N) is 1. The summed E-state index contributed by atoms with van der Waals surface area (Å²) < 4.78 is 50.9. The summed E-state index contributed by atoms with van der Waals surface area (Å²) in [5, 5.41) is 15.8. The number of nitrogens with one attached hydrogen (secondary N) is 1. The van der Waals surface area contributed by atoms with Crippen molar-refractivity contribution in [3.63, 3.8) is 0 Å². The maximum Gasteiger partial charge on any atom is 0.416 e. The number of hydrogen-bond acceptors (Lipinski definition) is 6. The summed E-state index contributed by atoms with van der Waals surface area (Å²) in [6.45, 7) is 1.88. The van der Waals surface area contributed by atoms with E-state index in [4.69, 9.17) is 20.4 Å². The average Bonchev–Trinajstić information content (AvgIpc) is 3.38. The highest BCUT2D eigenvalue weighted by Crippen LogP contribution is 2.31. The molecule has 0 atom stereocenters. The van der Waals surface area contributed by atoms with Crippen LogP contribution in [0.2, 0.25) is 0 Å². The van der Waals surface area contributed by atoms with Crippen molar-refractivity contribution in [1.82, 2.24) is 19.9 Å². The Morgan fingerprint density at radius 3 is 2.52 bits per heavy atom. The molecule has 4 rings (SSSR count). The van der Waals surface area contributed by atoms with Crippen LogP contribution in [0, 0.1) is 12.3 Å². The van der Waals surface area contributed by atoms with Crippen LogP contribution >= 0.6 is 0 Å². The molecule has 0 saturated carbocycles. The minimum atomic E-state index is -4.41. The first-order valence-electron chi connectivity index (χ1n) is 9.74. The SMILES string of the molecule is Cc1cc(C(=N)N)ccc1-c1noc(-c2cnn(C)c2COc2ccc(C(F)(F)F)cc2)n1. The molecule has 2 aromatic carbocycles. The predicted octanol–water partition coefficient (Wildman–Crippen LogP) is 4.33. The highest BCUT2D eigenvalue weighted by Gasteiger charge is 2.30. The number of alkyl halides is 3. The van der Waals surface area contributed by atoms with Crippen molar-refractivity contribution < 1.29 is 22.4 Å². The lowest BCUT2D eigenvalue weighted by atomic mass is 10.0. The molecule has 0 radical (unpaired) electrons. The average molecular weight is 456 g/mol. The lowest BCUT2D eigenvalue weighted by molar-refractivity contribution is -0.137. The molecule has 0 aliphatic carbocycles. The second-order valence-corrected chi connectivity index (χ2v) is 7.31. The molecule has 2 heterocycles. The van der Waals surface area contributed by atoms with Gasteiger partial charge in [-0.15, -0.1) is 0 Å². The van der Waals surface area contributed by atoms with Crippen LogP contribution in [0.1, 0.15) is 22.4 Å². The zero-order chi connectivity index (χ0) is 23.8. The first-order valence-corrected chi connectivity index (χ1v) is 9.74. The number of aryl methyl sites for hydroxylation is 2.